The van der Waals surface area contributed by atoms with Gasteiger partial charge in [-0.1, -0.05) is 0 Å². The molecule has 3 heteroatoms. The molecule has 1 rings (SSSR count). The first-order valence-corrected chi connectivity index (χ1v) is 3.28. The molecule has 0 bridgehead atoms. The molecule has 0 spiro atoms. The molecule has 0 amide bonds. The van der Waals surface area contributed by atoms with Gasteiger partial charge in [-0.05, 0) is 0 Å². The Hall–Kier alpha value is -0.830. The molecule has 10 heavy (non-hydrogen) atoms. The largest absolute Gasteiger partial charge is 0.388 e. The summed E-state index contributed by atoms with van der Waals surface area (Å²) in [5, 5.41) is 8.82. The van der Waals surface area contributed by atoms with Gasteiger partial charge in [0.25, 0.3) is 5.82 Å². The normalized spacial score (nSPS) is 10.4. The van der Waals surface area contributed by atoms with Crippen LogP contribution in [0.15, 0.2) is 6.20 Å². The van der Waals surface area contributed by atoms with Crippen LogP contribution in [0.5, 0.6) is 0 Å². The van der Waals surface area contributed by atoms with E-state index in [1.54, 1.807) is 0 Å². The van der Waals surface area contributed by atoms with Crippen LogP contribution >= 0.6 is 0 Å². The molecule has 1 heterocycles. The van der Waals surface area contributed by atoms with Gasteiger partial charge >= 0.3 is 0 Å². The van der Waals surface area contributed by atoms with Gasteiger partial charge in [-0.15, -0.1) is 0 Å². The molecule has 0 saturated carbocycles. The molecule has 56 valence electrons. The molecule has 0 aliphatic rings. The molecule has 0 unspecified atom stereocenters. The lowest BCUT2D eigenvalue weighted by Crippen LogP contribution is -2.29. The summed E-state index contributed by atoms with van der Waals surface area (Å²) in [5.41, 5.74) is 0.944. The number of hydrogen-bond acceptors (Lipinski definition) is 1. The second kappa shape index (κ2) is 2.42. The Morgan fingerprint density at radius 3 is 2.50 bits per heavy atom. The van der Waals surface area contributed by atoms with Gasteiger partial charge in [-0.3, -0.25) is 0 Å². The number of rotatable bonds is 1. The van der Waals surface area contributed by atoms with E-state index in [-0.39, 0.29) is 6.61 Å². The van der Waals surface area contributed by atoms with Gasteiger partial charge in [0.05, 0.1) is 14.1 Å². The number of aliphatic hydroxyl groups is 1. The second-order valence-corrected chi connectivity index (χ2v) is 2.50. The van der Waals surface area contributed by atoms with E-state index < -0.39 is 0 Å². The number of aromatic nitrogens is 2. The Bertz CT molecular complexity index is 240. The molecule has 0 saturated heterocycles. The molecule has 1 N–H and O–H groups in total. The summed E-state index contributed by atoms with van der Waals surface area (Å²) in [6.45, 7) is 2.12. The number of hydrogen-bond donors (Lipinski definition) is 1. The van der Waals surface area contributed by atoms with E-state index in [0.29, 0.717) is 0 Å². The third-order valence-electron chi connectivity index (χ3n) is 1.93. The molecule has 0 aliphatic carbocycles. The first kappa shape index (κ1) is 7.28. The standard InChI is InChI=1S/C7H13N2O/c1-6-8(2)4-7(5-10)9(6)3/h4,10H,5H2,1-3H3/q+1. The summed E-state index contributed by atoms with van der Waals surface area (Å²) in [5.74, 6) is 1.14. The first-order valence-electron chi connectivity index (χ1n) is 3.28. The van der Waals surface area contributed by atoms with E-state index in [1.807, 2.05) is 36.4 Å². The van der Waals surface area contributed by atoms with E-state index in [9.17, 15) is 0 Å². The Labute approximate surface area is 60.5 Å². The fourth-order valence-corrected chi connectivity index (χ4v) is 0.995. The van der Waals surface area contributed by atoms with Crippen LogP contribution in [0, 0.1) is 6.92 Å². The van der Waals surface area contributed by atoms with Crippen molar-refractivity contribution in [2.75, 3.05) is 0 Å². The highest BCUT2D eigenvalue weighted by Crippen LogP contribution is 1.97. The average molecular weight is 141 g/mol. The SMILES string of the molecule is Cc1n(C)c(CO)c[n+]1C. The van der Waals surface area contributed by atoms with Gasteiger partial charge < -0.3 is 5.11 Å². The van der Waals surface area contributed by atoms with Crippen molar-refractivity contribution >= 4 is 0 Å². The van der Waals surface area contributed by atoms with Crippen molar-refractivity contribution < 1.29 is 9.67 Å². The second-order valence-electron chi connectivity index (χ2n) is 2.50. The molecular formula is C7H13N2O+. The van der Waals surface area contributed by atoms with Crippen molar-refractivity contribution in [1.82, 2.24) is 4.57 Å². The zero-order valence-electron chi connectivity index (χ0n) is 6.63. The lowest BCUT2D eigenvalue weighted by atomic mass is 10.5. The van der Waals surface area contributed by atoms with Crippen molar-refractivity contribution in [3.63, 3.8) is 0 Å². The van der Waals surface area contributed by atoms with Gasteiger partial charge in [0, 0.05) is 6.92 Å². The van der Waals surface area contributed by atoms with Crippen molar-refractivity contribution in [2.45, 2.75) is 13.5 Å². The highest BCUT2D eigenvalue weighted by molar-refractivity contribution is 4.94. The Balaban J connectivity index is 3.17. The predicted molar refractivity (Wildman–Crippen MR) is 37.2 cm³/mol. The maximum atomic E-state index is 8.82. The van der Waals surface area contributed by atoms with Crippen molar-refractivity contribution in [1.29, 1.82) is 0 Å². The third-order valence-corrected chi connectivity index (χ3v) is 1.93. The van der Waals surface area contributed by atoms with Crippen molar-refractivity contribution in [3.8, 4) is 0 Å². The highest BCUT2D eigenvalue weighted by atomic mass is 16.3. The van der Waals surface area contributed by atoms with E-state index in [2.05, 4.69) is 0 Å². The fraction of sp³-hybridized carbons (Fsp3) is 0.571. The zero-order chi connectivity index (χ0) is 7.72. The smallest absolute Gasteiger partial charge is 0.253 e. The van der Waals surface area contributed by atoms with E-state index in [1.165, 1.54) is 0 Å². The summed E-state index contributed by atoms with van der Waals surface area (Å²) < 4.78 is 3.96. The molecule has 0 fully saturated rings. The van der Waals surface area contributed by atoms with Gasteiger partial charge in [0.2, 0.25) is 0 Å². The third kappa shape index (κ3) is 0.926. The lowest BCUT2D eigenvalue weighted by Gasteiger charge is -1.89. The average Bonchev–Trinajstić information content (AvgIpc) is 2.17. The predicted octanol–water partition coefficient (Wildman–Crippen LogP) is -0.350. The van der Waals surface area contributed by atoms with Crippen LogP contribution < -0.4 is 4.57 Å². The van der Waals surface area contributed by atoms with E-state index in [0.717, 1.165) is 11.5 Å². The fourth-order valence-electron chi connectivity index (χ4n) is 0.995. The van der Waals surface area contributed by atoms with Crippen LogP contribution in [0.1, 0.15) is 11.5 Å². The highest BCUT2D eigenvalue weighted by Gasteiger charge is 2.11. The van der Waals surface area contributed by atoms with Crippen LogP contribution in [-0.2, 0) is 20.7 Å². The molecule has 0 atom stereocenters. The molecule has 1 aromatic rings. The zero-order valence-corrected chi connectivity index (χ0v) is 6.63. The van der Waals surface area contributed by atoms with Crippen LogP contribution in [-0.4, -0.2) is 9.67 Å². The number of imidazole rings is 1. The summed E-state index contributed by atoms with van der Waals surface area (Å²) in [7, 11) is 3.91. The van der Waals surface area contributed by atoms with Gasteiger partial charge in [0.1, 0.15) is 12.8 Å². The van der Waals surface area contributed by atoms with E-state index >= 15 is 0 Å². The Kier molecular flexibility index (Phi) is 1.76. The minimum absolute atomic E-state index is 0.109. The Morgan fingerprint density at radius 1 is 1.70 bits per heavy atom. The topological polar surface area (TPSA) is 29.0 Å². The first-order chi connectivity index (χ1) is 4.66. The van der Waals surface area contributed by atoms with Crippen LogP contribution in [0.4, 0.5) is 0 Å². The quantitative estimate of drug-likeness (QED) is 0.532. The molecule has 1 aromatic heterocycles. The minimum Gasteiger partial charge on any atom is -0.388 e. The van der Waals surface area contributed by atoms with Gasteiger partial charge in [-0.25, -0.2) is 9.13 Å². The van der Waals surface area contributed by atoms with Crippen molar-refractivity contribution in [3.05, 3.63) is 17.7 Å². The molecule has 3 nitrogen and oxygen atoms in total. The molecule has 0 radical (unpaired) electrons. The summed E-state index contributed by atoms with van der Waals surface area (Å²) in [4.78, 5) is 0. The van der Waals surface area contributed by atoms with Crippen LogP contribution in [0.2, 0.25) is 0 Å². The maximum Gasteiger partial charge on any atom is 0.253 e. The number of nitrogens with zero attached hydrogens (tertiary/aromatic N) is 2. The van der Waals surface area contributed by atoms with Crippen molar-refractivity contribution in [2.24, 2.45) is 14.1 Å². The van der Waals surface area contributed by atoms with Crippen LogP contribution in [0.25, 0.3) is 0 Å². The summed E-state index contributed by atoms with van der Waals surface area (Å²) >= 11 is 0. The molecule has 0 aromatic carbocycles. The number of aryl methyl sites for hydroxylation is 1. The molecule has 0 aliphatic heterocycles. The van der Waals surface area contributed by atoms with E-state index in [4.69, 9.17) is 5.11 Å². The lowest BCUT2D eigenvalue weighted by molar-refractivity contribution is -0.677. The monoisotopic (exact) mass is 141 g/mol. The summed E-state index contributed by atoms with van der Waals surface area (Å²) in [6.07, 6.45) is 1.93. The maximum absolute atomic E-state index is 8.82. The van der Waals surface area contributed by atoms with Gasteiger partial charge in [-0.2, -0.15) is 0 Å². The Morgan fingerprint density at radius 2 is 2.30 bits per heavy atom. The molecular weight excluding hydrogens is 128 g/mol. The van der Waals surface area contributed by atoms with Gasteiger partial charge in [0.15, 0.2) is 5.69 Å². The summed E-state index contributed by atoms with van der Waals surface area (Å²) in [6, 6.07) is 0. The van der Waals surface area contributed by atoms with Crippen LogP contribution in [0.3, 0.4) is 0 Å². The minimum atomic E-state index is 0.109. The number of aliphatic hydroxyl groups excluding tert-OH is 1.